The van der Waals surface area contributed by atoms with Crippen LogP contribution in [0.4, 0.5) is 4.39 Å². The summed E-state index contributed by atoms with van der Waals surface area (Å²) in [5.41, 5.74) is 5.76. The first kappa shape index (κ1) is 14.3. The number of carbonyl (C=O) groups excluding carboxylic acids is 1. The average Bonchev–Trinajstić information content (AvgIpc) is 2.96. The second-order valence-electron chi connectivity index (χ2n) is 3.96. The summed E-state index contributed by atoms with van der Waals surface area (Å²) < 4.78 is 13.8. The van der Waals surface area contributed by atoms with Gasteiger partial charge in [-0.2, -0.15) is 0 Å². The monoisotopic (exact) mass is 288 g/mol. The molecule has 2 aromatic rings. The molecule has 1 heterocycles. The van der Waals surface area contributed by atoms with Crippen LogP contribution in [0.2, 0.25) is 0 Å². The molecule has 0 saturated heterocycles. The highest BCUT2D eigenvalue weighted by Gasteiger charge is 2.11. The molecule has 3 N–H and O–H groups in total. The van der Waals surface area contributed by atoms with Crippen LogP contribution in [0.1, 0.15) is 20.8 Å². The number of rotatable bonds is 3. The Morgan fingerprint density at radius 1 is 1.40 bits per heavy atom. The molecule has 0 aliphatic heterocycles. The van der Waals surface area contributed by atoms with E-state index in [1.165, 1.54) is 23.5 Å². The Hall–Kier alpha value is -2.16. The third-order valence-electron chi connectivity index (χ3n) is 2.55. The van der Waals surface area contributed by atoms with Crippen molar-refractivity contribution in [1.82, 2.24) is 5.32 Å². The summed E-state index contributed by atoms with van der Waals surface area (Å²) in [4.78, 5) is 12.9. The zero-order valence-corrected chi connectivity index (χ0v) is 11.5. The van der Waals surface area contributed by atoms with Crippen LogP contribution in [0.3, 0.4) is 0 Å². The van der Waals surface area contributed by atoms with Gasteiger partial charge in [0.05, 0.1) is 18.7 Å². The molecule has 20 heavy (non-hydrogen) atoms. The quantitative estimate of drug-likeness (QED) is 0.850. The normalized spacial score (nSPS) is 9.70. The summed E-state index contributed by atoms with van der Waals surface area (Å²) in [6.07, 6.45) is 0. The lowest BCUT2D eigenvalue weighted by atomic mass is 10.1. The summed E-state index contributed by atoms with van der Waals surface area (Å²) in [5.74, 6) is 4.34. The van der Waals surface area contributed by atoms with E-state index in [2.05, 4.69) is 17.2 Å². The molecule has 0 atom stereocenters. The molecule has 0 unspecified atom stereocenters. The molecule has 0 fully saturated rings. The SMILES string of the molecule is NCC#Cc1ccc(C(=O)NCc2cccs2)c(F)c1. The van der Waals surface area contributed by atoms with E-state index in [0.717, 1.165) is 4.88 Å². The van der Waals surface area contributed by atoms with Gasteiger partial charge in [0.2, 0.25) is 0 Å². The maximum atomic E-state index is 13.8. The van der Waals surface area contributed by atoms with Crippen LogP contribution in [0.5, 0.6) is 0 Å². The molecular formula is C15H13FN2OS. The molecule has 0 radical (unpaired) electrons. The highest BCUT2D eigenvalue weighted by molar-refractivity contribution is 7.09. The number of halogens is 1. The van der Waals surface area contributed by atoms with Crippen LogP contribution in [-0.2, 0) is 6.54 Å². The Morgan fingerprint density at radius 2 is 2.25 bits per heavy atom. The number of hydrogen-bond acceptors (Lipinski definition) is 3. The lowest BCUT2D eigenvalue weighted by molar-refractivity contribution is 0.0947. The summed E-state index contributed by atoms with van der Waals surface area (Å²) in [7, 11) is 0. The zero-order chi connectivity index (χ0) is 14.4. The van der Waals surface area contributed by atoms with Crippen molar-refractivity contribution in [2.24, 2.45) is 5.73 Å². The first-order chi connectivity index (χ1) is 9.70. The zero-order valence-electron chi connectivity index (χ0n) is 10.7. The minimum atomic E-state index is -0.586. The molecule has 0 saturated carbocycles. The Labute approximate surface area is 120 Å². The Balaban J connectivity index is 2.06. The topological polar surface area (TPSA) is 55.1 Å². The molecule has 0 aliphatic rings. The molecule has 1 amide bonds. The number of nitrogens with one attached hydrogen (secondary N) is 1. The lowest BCUT2D eigenvalue weighted by Gasteiger charge is -2.05. The van der Waals surface area contributed by atoms with E-state index in [-0.39, 0.29) is 12.1 Å². The molecule has 0 aliphatic carbocycles. The number of benzene rings is 1. The van der Waals surface area contributed by atoms with Gasteiger partial charge in [-0.05, 0) is 29.6 Å². The van der Waals surface area contributed by atoms with Crippen molar-refractivity contribution in [3.05, 3.63) is 57.5 Å². The molecular weight excluding hydrogens is 275 g/mol. The molecule has 0 bridgehead atoms. The molecule has 1 aromatic carbocycles. The van der Waals surface area contributed by atoms with Crippen LogP contribution in [0, 0.1) is 17.7 Å². The van der Waals surface area contributed by atoms with Gasteiger partial charge < -0.3 is 11.1 Å². The predicted molar refractivity (Wildman–Crippen MR) is 77.8 cm³/mol. The van der Waals surface area contributed by atoms with E-state index in [9.17, 15) is 9.18 Å². The van der Waals surface area contributed by atoms with E-state index >= 15 is 0 Å². The maximum absolute atomic E-state index is 13.8. The first-order valence-corrected chi connectivity index (χ1v) is 6.87. The molecule has 0 spiro atoms. The van der Waals surface area contributed by atoms with Crippen molar-refractivity contribution in [2.45, 2.75) is 6.54 Å². The van der Waals surface area contributed by atoms with Gasteiger partial charge in [-0.15, -0.1) is 11.3 Å². The van der Waals surface area contributed by atoms with E-state index in [1.54, 1.807) is 6.07 Å². The summed E-state index contributed by atoms with van der Waals surface area (Å²) >= 11 is 1.54. The van der Waals surface area contributed by atoms with E-state index in [0.29, 0.717) is 12.1 Å². The Morgan fingerprint density at radius 3 is 2.90 bits per heavy atom. The van der Waals surface area contributed by atoms with Gasteiger partial charge in [-0.1, -0.05) is 17.9 Å². The third kappa shape index (κ3) is 3.67. The largest absolute Gasteiger partial charge is 0.347 e. The van der Waals surface area contributed by atoms with Crippen LogP contribution in [0.25, 0.3) is 0 Å². The second-order valence-corrected chi connectivity index (χ2v) is 4.99. The number of nitrogens with two attached hydrogens (primary N) is 1. The maximum Gasteiger partial charge on any atom is 0.254 e. The fraction of sp³-hybridized carbons (Fsp3) is 0.133. The highest BCUT2D eigenvalue weighted by atomic mass is 32.1. The minimum absolute atomic E-state index is 0.0138. The van der Waals surface area contributed by atoms with Crippen LogP contribution in [-0.4, -0.2) is 12.5 Å². The van der Waals surface area contributed by atoms with Gasteiger partial charge >= 0.3 is 0 Å². The smallest absolute Gasteiger partial charge is 0.254 e. The van der Waals surface area contributed by atoms with E-state index in [1.807, 2.05) is 17.5 Å². The van der Waals surface area contributed by atoms with E-state index in [4.69, 9.17) is 5.73 Å². The number of hydrogen-bond donors (Lipinski definition) is 2. The second kappa shape index (κ2) is 6.85. The summed E-state index contributed by atoms with van der Waals surface area (Å²) in [6, 6.07) is 8.08. The van der Waals surface area contributed by atoms with Crippen LogP contribution >= 0.6 is 11.3 Å². The van der Waals surface area contributed by atoms with Crippen LogP contribution < -0.4 is 11.1 Å². The lowest BCUT2D eigenvalue weighted by Crippen LogP contribution is -2.23. The number of carbonyl (C=O) groups is 1. The molecule has 2 rings (SSSR count). The van der Waals surface area contributed by atoms with Crippen molar-refractivity contribution in [1.29, 1.82) is 0 Å². The van der Waals surface area contributed by atoms with Gasteiger partial charge in [-0.25, -0.2) is 4.39 Å². The Kier molecular flexibility index (Phi) is 4.88. The van der Waals surface area contributed by atoms with Gasteiger partial charge in [0, 0.05) is 10.4 Å². The standard InChI is InChI=1S/C15H13FN2OS/c16-14-9-11(3-1-7-17)5-6-13(14)15(19)18-10-12-4-2-8-20-12/h2,4-6,8-9H,7,10,17H2,(H,18,19). The van der Waals surface area contributed by atoms with Crippen molar-refractivity contribution >= 4 is 17.2 Å². The van der Waals surface area contributed by atoms with Crippen molar-refractivity contribution in [2.75, 3.05) is 6.54 Å². The number of thiophene rings is 1. The molecule has 1 aromatic heterocycles. The Bertz CT molecular complexity index is 656. The van der Waals surface area contributed by atoms with Crippen molar-refractivity contribution in [3.63, 3.8) is 0 Å². The first-order valence-electron chi connectivity index (χ1n) is 6.00. The fourth-order valence-corrected chi connectivity index (χ4v) is 2.25. The molecule has 3 nitrogen and oxygen atoms in total. The summed E-state index contributed by atoms with van der Waals surface area (Å²) in [6.45, 7) is 0.606. The fourth-order valence-electron chi connectivity index (χ4n) is 1.61. The minimum Gasteiger partial charge on any atom is -0.347 e. The van der Waals surface area contributed by atoms with Crippen LogP contribution in [0.15, 0.2) is 35.7 Å². The average molecular weight is 288 g/mol. The van der Waals surface area contributed by atoms with E-state index < -0.39 is 11.7 Å². The van der Waals surface area contributed by atoms with Crippen molar-refractivity contribution in [3.8, 4) is 11.8 Å². The molecule has 102 valence electrons. The predicted octanol–water partition coefficient (Wildman–Crippen LogP) is 2.13. The number of amides is 1. The summed E-state index contributed by atoms with van der Waals surface area (Å²) in [5, 5.41) is 4.60. The van der Waals surface area contributed by atoms with Gasteiger partial charge in [0.1, 0.15) is 5.82 Å². The van der Waals surface area contributed by atoms with Gasteiger partial charge in [-0.3, -0.25) is 4.79 Å². The van der Waals surface area contributed by atoms with Gasteiger partial charge in [0.15, 0.2) is 0 Å². The van der Waals surface area contributed by atoms with Gasteiger partial charge in [0.25, 0.3) is 5.91 Å². The third-order valence-corrected chi connectivity index (χ3v) is 3.43. The van der Waals surface area contributed by atoms with Crippen molar-refractivity contribution < 1.29 is 9.18 Å². The highest BCUT2D eigenvalue weighted by Crippen LogP contribution is 2.11. The molecule has 5 heteroatoms.